The number of benzene rings is 2. The predicted molar refractivity (Wildman–Crippen MR) is 96.7 cm³/mol. The summed E-state index contributed by atoms with van der Waals surface area (Å²) >= 11 is 6.34. The van der Waals surface area contributed by atoms with E-state index in [1.807, 2.05) is 13.0 Å². The first-order valence-electron chi connectivity index (χ1n) is 8.15. The number of nitrogens with one attached hydrogen (secondary N) is 1. The van der Waals surface area contributed by atoms with Gasteiger partial charge in [-0.25, -0.2) is 4.39 Å². The highest BCUT2D eigenvalue weighted by Gasteiger charge is 2.12. The Morgan fingerprint density at radius 3 is 2.52 bits per heavy atom. The molecule has 0 aliphatic heterocycles. The van der Waals surface area contributed by atoms with Gasteiger partial charge in [-0.05, 0) is 35.7 Å². The van der Waals surface area contributed by atoms with Crippen LogP contribution in [-0.2, 0) is 13.2 Å². The van der Waals surface area contributed by atoms with Gasteiger partial charge >= 0.3 is 0 Å². The molecule has 1 unspecified atom stereocenters. The van der Waals surface area contributed by atoms with Crippen LogP contribution < -0.4 is 14.8 Å². The summed E-state index contributed by atoms with van der Waals surface area (Å²) in [6.45, 7) is 2.88. The van der Waals surface area contributed by atoms with Crippen molar-refractivity contribution in [2.24, 2.45) is 0 Å². The summed E-state index contributed by atoms with van der Waals surface area (Å²) in [4.78, 5) is 0. The number of methoxy groups -OCH3 is 1. The van der Waals surface area contributed by atoms with E-state index >= 15 is 0 Å². The number of aliphatic hydroxyl groups is 1. The SMILES string of the molecule is CCC(CO)NCc1cc(OC)c(OCc2ccc(F)cc2)cc1Cl. The Labute approximate surface area is 152 Å². The Morgan fingerprint density at radius 1 is 1.20 bits per heavy atom. The van der Waals surface area contributed by atoms with Crippen molar-refractivity contribution in [3.63, 3.8) is 0 Å². The first kappa shape index (κ1) is 19.5. The van der Waals surface area contributed by atoms with Crippen LogP contribution in [0, 0.1) is 5.82 Å². The second-order valence-corrected chi connectivity index (χ2v) is 6.09. The van der Waals surface area contributed by atoms with Crippen molar-refractivity contribution in [3.05, 3.63) is 58.4 Å². The molecule has 25 heavy (non-hydrogen) atoms. The Kier molecular flexibility index (Phi) is 7.50. The second kappa shape index (κ2) is 9.61. The lowest BCUT2D eigenvalue weighted by molar-refractivity contribution is 0.238. The van der Waals surface area contributed by atoms with E-state index in [-0.39, 0.29) is 25.1 Å². The van der Waals surface area contributed by atoms with E-state index in [4.69, 9.17) is 21.1 Å². The fourth-order valence-corrected chi connectivity index (χ4v) is 2.54. The number of hydrogen-bond donors (Lipinski definition) is 2. The molecule has 2 aromatic carbocycles. The van der Waals surface area contributed by atoms with Gasteiger partial charge in [-0.3, -0.25) is 0 Å². The average molecular weight is 368 g/mol. The Morgan fingerprint density at radius 2 is 1.92 bits per heavy atom. The molecule has 0 heterocycles. The summed E-state index contributed by atoms with van der Waals surface area (Å²) < 4.78 is 24.1. The molecule has 0 fully saturated rings. The largest absolute Gasteiger partial charge is 0.493 e. The van der Waals surface area contributed by atoms with Gasteiger partial charge in [0.25, 0.3) is 0 Å². The molecule has 6 heteroatoms. The van der Waals surface area contributed by atoms with Crippen LogP contribution >= 0.6 is 11.6 Å². The molecule has 2 aromatic rings. The molecule has 0 saturated carbocycles. The number of ether oxygens (including phenoxy) is 2. The molecular formula is C19H23ClFNO3. The van der Waals surface area contributed by atoms with E-state index in [1.165, 1.54) is 12.1 Å². The normalized spacial score (nSPS) is 12.0. The highest BCUT2D eigenvalue weighted by atomic mass is 35.5. The molecule has 0 aliphatic carbocycles. The number of rotatable bonds is 9. The fraction of sp³-hybridized carbons (Fsp3) is 0.368. The van der Waals surface area contributed by atoms with Crippen LogP contribution in [0.1, 0.15) is 24.5 Å². The van der Waals surface area contributed by atoms with Crippen LogP contribution in [0.25, 0.3) is 0 Å². The first-order valence-corrected chi connectivity index (χ1v) is 8.53. The van der Waals surface area contributed by atoms with Gasteiger partial charge in [-0.1, -0.05) is 30.7 Å². The number of hydrogen-bond acceptors (Lipinski definition) is 4. The van der Waals surface area contributed by atoms with Crippen molar-refractivity contribution in [2.45, 2.75) is 32.5 Å². The average Bonchev–Trinajstić information content (AvgIpc) is 2.63. The minimum absolute atomic E-state index is 0.0245. The van der Waals surface area contributed by atoms with Gasteiger partial charge in [0.15, 0.2) is 11.5 Å². The summed E-state index contributed by atoms with van der Waals surface area (Å²) in [6.07, 6.45) is 0.824. The molecule has 0 spiro atoms. The van der Waals surface area contributed by atoms with Crippen LogP contribution in [0.5, 0.6) is 11.5 Å². The minimum atomic E-state index is -0.283. The van der Waals surface area contributed by atoms with Gasteiger partial charge in [-0.15, -0.1) is 0 Å². The molecule has 0 amide bonds. The zero-order chi connectivity index (χ0) is 18.2. The molecule has 0 saturated heterocycles. The van der Waals surface area contributed by atoms with Crippen molar-refractivity contribution < 1.29 is 19.0 Å². The lowest BCUT2D eigenvalue weighted by Crippen LogP contribution is -2.31. The summed E-state index contributed by atoms with van der Waals surface area (Å²) in [6, 6.07) is 9.67. The minimum Gasteiger partial charge on any atom is -0.493 e. The maximum Gasteiger partial charge on any atom is 0.163 e. The van der Waals surface area contributed by atoms with E-state index in [2.05, 4.69) is 5.32 Å². The van der Waals surface area contributed by atoms with E-state index in [1.54, 1.807) is 25.3 Å². The topological polar surface area (TPSA) is 50.7 Å². The zero-order valence-corrected chi connectivity index (χ0v) is 15.1. The van der Waals surface area contributed by atoms with Crippen LogP contribution in [0.3, 0.4) is 0 Å². The molecule has 2 N–H and O–H groups in total. The fourth-order valence-electron chi connectivity index (χ4n) is 2.32. The van der Waals surface area contributed by atoms with Gasteiger partial charge in [0, 0.05) is 23.7 Å². The molecule has 1 atom stereocenters. The lowest BCUT2D eigenvalue weighted by atomic mass is 10.1. The second-order valence-electron chi connectivity index (χ2n) is 5.68. The monoisotopic (exact) mass is 367 g/mol. The standard InChI is InChI=1S/C19H23ClFNO3/c1-3-16(11-23)22-10-14-8-18(24-2)19(9-17(14)20)25-12-13-4-6-15(21)7-5-13/h4-9,16,22-23H,3,10-12H2,1-2H3. The predicted octanol–water partition coefficient (Wildman–Crippen LogP) is 3.93. The summed E-state index contributed by atoms with van der Waals surface area (Å²) in [5.41, 5.74) is 1.71. The third kappa shape index (κ3) is 5.59. The van der Waals surface area contributed by atoms with Gasteiger partial charge in [0.05, 0.1) is 13.7 Å². The van der Waals surface area contributed by atoms with Gasteiger partial charge < -0.3 is 19.9 Å². The van der Waals surface area contributed by atoms with Gasteiger partial charge in [0.1, 0.15) is 12.4 Å². The molecule has 0 aromatic heterocycles. The molecule has 0 radical (unpaired) electrons. The molecule has 0 bridgehead atoms. The highest BCUT2D eigenvalue weighted by molar-refractivity contribution is 6.31. The van der Waals surface area contributed by atoms with Crippen molar-refractivity contribution in [2.75, 3.05) is 13.7 Å². The van der Waals surface area contributed by atoms with E-state index in [0.717, 1.165) is 17.5 Å². The Balaban J connectivity index is 2.08. The maximum absolute atomic E-state index is 12.9. The highest BCUT2D eigenvalue weighted by Crippen LogP contribution is 2.34. The molecule has 2 rings (SSSR count). The molecule has 136 valence electrons. The summed E-state index contributed by atoms with van der Waals surface area (Å²) in [5.74, 6) is 0.810. The molecular weight excluding hydrogens is 345 g/mol. The van der Waals surface area contributed by atoms with Gasteiger partial charge in [-0.2, -0.15) is 0 Å². The summed E-state index contributed by atoms with van der Waals surface area (Å²) in [5, 5.41) is 13.0. The Hall–Kier alpha value is -1.82. The van der Waals surface area contributed by atoms with Crippen molar-refractivity contribution >= 4 is 11.6 Å². The third-order valence-corrected chi connectivity index (χ3v) is 4.29. The van der Waals surface area contributed by atoms with E-state index < -0.39 is 0 Å². The van der Waals surface area contributed by atoms with Crippen molar-refractivity contribution in [1.29, 1.82) is 0 Å². The van der Waals surface area contributed by atoms with Crippen LogP contribution in [0.15, 0.2) is 36.4 Å². The Bertz CT molecular complexity index is 675. The van der Waals surface area contributed by atoms with E-state index in [0.29, 0.717) is 23.1 Å². The zero-order valence-electron chi connectivity index (χ0n) is 14.4. The first-order chi connectivity index (χ1) is 12.1. The van der Waals surface area contributed by atoms with Crippen LogP contribution in [-0.4, -0.2) is 24.9 Å². The molecule has 0 aliphatic rings. The van der Waals surface area contributed by atoms with Gasteiger partial charge in [0.2, 0.25) is 0 Å². The van der Waals surface area contributed by atoms with Crippen molar-refractivity contribution in [1.82, 2.24) is 5.32 Å². The van der Waals surface area contributed by atoms with Crippen molar-refractivity contribution in [3.8, 4) is 11.5 Å². The number of halogens is 2. The lowest BCUT2D eigenvalue weighted by Gasteiger charge is -2.17. The molecule has 4 nitrogen and oxygen atoms in total. The maximum atomic E-state index is 12.9. The number of aliphatic hydroxyl groups excluding tert-OH is 1. The van der Waals surface area contributed by atoms with Crippen LogP contribution in [0.4, 0.5) is 4.39 Å². The quantitative estimate of drug-likeness (QED) is 0.705. The summed E-state index contributed by atoms with van der Waals surface area (Å²) in [7, 11) is 1.56. The van der Waals surface area contributed by atoms with E-state index in [9.17, 15) is 9.50 Å². The van der Waals surface area contributed by atoms with Crippen LogP contribution in [0.2, 0.25) is 5.02 Å². The third-order valence-electron chi connectivity index (χ3n) is 3.93. The smallest absolute Gasteiger partial charge is 0.163 e.